The number of rotatable bonds is 5. The molecule has 150 valence electrons. The third kappa shape index (κ3) is 3.98. The lowest BCUT2D eigenvalue weighted by Gasteiger charge is -2.15. The maximum atomic E-state index is 12.8. The summed E-state index contributed by atoms with van der Waals surface area (Å²) in [5.41, 5.74) is 1.52. The molecule has 1 N–H and O–H groups in total. The van der Waals surface area contributed by atoms with Gasteiger partial charge < -0.3 is 14.8 Å². The van der Waals surface area contributed by atoms with Gasteiger partial charge in [-0.25, -0.2) is 4.79 Å². The predicted octanol–water partition coefficient (Wildman–Crippen LogP) is 4.97. The normalized spacial score (nSPS) is 14.1. The molecule has 0 aliphatic heterocycles. The molecular weight excluding hydrogens is 386 g/mol. The van der Waals surface area contributed by atoms with Gasteiger partial charge in [-0.2, -0.15) is 0 Å². The number of carbonyl (C=O) groups is 2. The van der Waals surface area contributed by atoms with E-state index in [4.69, 9.17) is 9.47 Å². The van der Waals surface area contributed by atoms with Crippen LogP contribution in [0.1, 0.15) is 40.6 Å². The van der Waals surface area contributed by atoms with Gasteiger partial charge in [-0.3, -0.25) is 4.79 Å². The van der Waals surface area contributed by atoms with E-state index in [9.17, 15) is 9.59 Å². The minimum absolute atomic E-state index is 0.290. The molecule has 0 fully saturated rings. The first kappa shape index (κ1) is 19.5. The van der Waals surface area contributed by atoms with Crippen molar-refractivity contribution >= 4 is 39.0 Å². The van der Waals surface area contributed by atoms with E-state index < -0.39 is 12.1 Å². The highest BCUT2D eigenvalue weighted by atomic mass is 32.1. The number of methoxy groups -OCH3 is 1. The smallest absolute Gasteiger partial charge is 0.341 e. The second-order valence-electron chi connectivity index (χ2n) is 7.16. The van der Waals surface area contributed by atoms with Crippen molar-refractivity contribution in [1.29, 1.82) is 0 Å². The lowest BCUT2D eigenvalue weighted by molar-refractivity contribution is -0.122. The van der Waals surface area contributed by atoms with Crippen LogP contribution in [0.3, 0.4) is 0 Å². The van der Waals surface area contributed by atoms with Gasteiger partial charge in [0.1, 0.15) is 10.8 Å². The molecule has 0 saturated heterocycles. The van der Waals surface area contributed by atoms with Crippen LogP contribution in [0.2, 0.25) is 0 Å². The maximum absolute atomic E-state index is 12.8. The summed E-state index contributed by atoms with van der Waals surface area (Å²) in [5, 5.41) is 5.62. The fourth-order valence-corrected chi connectivity index (χ4v) is 4.96. The fraction of sp³-hybridized carbons (Fsp3) is 0.304. The highest BCUT2D eigenvalue weighted by molar-refractivity contribution is 7.17. The number of nitrogens with one attached hydrogen (secondary N) is 1. The summed E-state index contributed by atoms with van der Waals surface area (Å²) >= 11 is 1.47. The molecule has 5 nitrogen and oxygen atoms in total. The number of aryl methyl sites for hydroxylation is 1. The Balaban J connectivity index is 1.52. The molecule has 0 unspecified atom stereocenters. The average Bonchev–Trinajstić information content (AvgIpc) is 3.10. The molecule has 0 bridgehead atoms. The molecule has 1 amide bonds. The van der Waals surface area contributed by atoms with Crippen LogP contribution in [0.5, 0.6) is 5.75 Å². The maximum Gasteiger partial charge on any atom is 0.341 e. The lowest BCUT2D eigenvalue weighted by Crippen LogP contribution is -2.30. The van der Waals surface area contributed by atoms with E-state index in [2.05, 4.69) is 5.32 Å². The van der Waals surface area contributed by atoms with Gasteiger partial charge in [0.2, 0.25) is 0 Å². The third-order valence-electron chi connectivity index (χ3n) is 5.20. The molecule has 29 heavy (non-hydrogen) atoms. The highest BCUT2D eigenvalue weighted by Crippen LogP contribution is 2.38. The molecule has 1 aromatic heterocycles. The number of benzene rings is 2. The van der Waals surface area contributed by atoms with E-state index in [1.54, 1.807) is 6.92 Å². The zero-order chi connectivity index (χ0) is 20.4. The number of carbonyl (C=O) groups excluding carboxylic acids is 2. The van der Waals surface area contributed by atoms with Crippen LogP contribution < -0.4 is 10.1 Å². The van der Waals surface area contributed by atoms with Gasteiger partial charge in [-0.15, -0.1) is 11.3 Å². The first-order valence-electron chi connectivity index (χ1n) is 9.76. The summed E-state index contributed by atoms with van der Waals surface area (Å²) in [6, 6.07) is 13.7. The number of fused-ring (bicyclic) bond motifs is 2. The van der Waals surface area contributed by atoms with Crippen LogP contribution in [0.4, 0.5) is 5.00 Å². The lowest BCUT2D eigenvalue weighted by atomic mass is 9.95. The van der Waals surface area contributed by atoms with Crippen molar-refractivity contribution < 1.29 is 19.1 Å². The Morgan fingerprint density at radius 2 is 1.83 bits per heavy atom. The Bertz CT molecular complexity index is 1070. The topological polar surface area (TPSA) is 64.6 Å². The van der Waals surface area contributed by atoms with Gasteiger partial charge in [0, 0.05) is 4.88 Å². The van der Waals surface area contributed by atoms with Gasteiger partial charge in [-0.05, 0) is 61.1 Å². The molecule has 3 aromatic rings. The molecular formula is C23H23NO4S. The van der Waals surface area contributed by atoms with E-state index in [-0.39, 0.29) is 5.91 Å². The molecule has 2 aromatic carbocycles. The van der Waals surface area contributed by atoms with Gasteiger partial charge in [0.25, 0.3) is 5.91 Å². The van der Waals surface area contributed by atoms with E-state index >= 15 is 0 Å². The van der Waals surface area contributed by atoms with Crippen LogP contribution in [0.15, 0.2) is 42.5 Å². The van der Waals surface area contributed by atoms with E-state index in [0.717, 1.165) is 46.9 Å². The zero-order valence-electron chi connectivity index (χ0n) is 16.5. The fourth-order valence-electron chi connectivity index (χ4n) is 3.68. The molecule has 1 atom stereocenters. The Morgan fingerprint density at radius 1 is 1.07 bits per heavy atom. The monoisotopic (exact) mass is 409 g/mol. The van der Waals surface area contributed by atoms with Crippen molar-refractivity contribution in [3.05, 3.63) is 58.5 Å². The minimum atomic E-state index is -0.708. The quantitative estimate of drug-likeness (QED) is 0.604. The molecule has 6 heteroatoms. The van der Waals surface area contributed by atoms with Crippen LogP contribution in [-0.2, 0) is 22.4 Å². The first-order valence-corrected chi connectivity index (χ1v) is 10.6. The second-order valence-corrected chi connectivity index (χ2v) is 8.27. The third-order valence-corrected chi connectivity index (χ3v) is 6.41. The molecule has 1 aliphatic carbocycles. The molecule has 4 rings (SSSR count). The van der Waals surface area contributed by atoms with Crippen LogP contribution in [0.25, 0.3) is 10.8 Å². The number of hydrogen-bond acceptors (Lipinski definition) is 5. The predicted molar refractivity (Wildman–Crippen MR) is 115 cm³/mol. The van der Waals surface area contributed by atoms with Crippen molar-refractivity contribution in [3.63, 3.8) is 0 Å². The Labute approximate surface area is 173 Å². The number of anilines is 1. The minimum Gasteiger partial charge on any atom is -0.481 e. The Hall–Kier alpha value is -2.86. The van der Waals surface area contributed by atoms with Crippen molar-refractivity contribution in [2.75, 3.05) is 12.4 Å². The van der Waals surface area contributed by atoms with Gasteiger partial charge >= 0.3 is 5.97 Å². The first-order chi connectivity index (χ1) is 14.1. The largest absolute Gasteiger partial charge is 0.481 e. The number of esters is 1. The zero-order valence-corrected chi connectivity index (χ0v) is 17.3. The van der Waals surface area contributed by atoms with Crippen molar-refractivity contribution in [2.45, 2.75) is 38.7 Å². The Kier molecular flexibility index (Phi) is 5.53. The van der Waals surface area contributed by atoms with Crippen molar-refractivity contribution in [1.82, 2.24) is 0 Å². The van der Waals surface area contributed by atoms with Crippen LogP contribution >= 0.6 is 11.3 Å². The summed E-state index contributed by atoms with van der Waals surface area (Å²) in [5.74, 6) is -0.0604. The molecule has 0 spiro atoms. The van der Waals surface area contributed by atoms with Crippen molar-refractivity contribution in [3.8, 4) is 5.75 Å². The summed E-state index contributed by atoms with van der Waals surface area (Å²) in [6.07, 6.45) is 3.21. The molecule has 0 saturated carbocycles. The summed E-state index contributed by atoms with van der Waals surface area (Å²) in [7, 11) is 1.37. The number of ether oxygens (including phenoxy) is 2. The second kappa shape index (κ2) is 8.25. The van der Waals surface area contributed by atoms with E-state index in [1.807, 2.05) is 42.5 Å². The number of amides is 1. The summed E-state index contributed by atoms with van der Waals surface area (Å²) in [4.78, 5) is 26.3. The van der Waals surface area contributed by atoms with Crippen LogP contribution in [0, 0.1) is 0 Å². The molecule has 1 aliphatic rings. The van der Waals surface area contributed by atoms with Gasteiger partial charge in [0.15, 0.2) is 6.10 Å². The van der Waals surface area contributed by atoms with Gasteiger partial charge in [0.05, 0.1) is 12.7 Å². The highest BCUT2D eigenvalue weighted by Gasteiger charge is 2.28. The summed E-state index contributed by atoms with van der Waals surface area (Å²) in [6.45, 7) is 1.70. The number of hydrogen-bond donors (Lipinski definition) is 1. The summed E-state index contributed by atoms with van der Waals surface area (Å²) < 4.78 is 10.8. The number of thiophene rings is 1. The van der Waals surface area contributed by atoms with E-state index in [1.165, 1.54) is 18.4 Å². The van der Waals surface area contributed by atoms with Gasteiger partial charge in [-0.1, -0.05) is 30.3 Å². The molecule has 0 radical (unpaired) electrons. The van der Waals surface area contributed by atoms with Crippen LogP contribution in [-0.4, -0.2) is 25.1 Å². The van der Waals surface area contributed by atoms with Crippen molar-refractivity contribution in [2.24, 2.45) is 0 Å². The van der Waals surface area contributed by atoms with E-state index in [0.29, 0.717) is 16.3 Å². The standard InChI is InChI=1S/C23H23NO4S/c1-14(28-17-12-11-15-7-3-4-8-16(15)13-17)21(25)24-22-20(23(26)27-2)18-9-5-6-10-19(18)29-22/h3-4,7-8,11-14H,5-6,9-10H2,1-2H3,(H,24,25)/t14-/m0/s1. The average molecular weight is 410 g/mol. The molecule has 1 heterocycles. The SMILES string of the molecule is COC(=O)c1c(NC(=O)[C@H](C)Oc2ccc3ccccc3c2)sc2c1CCCC2. The Morgan fingerprint density at radius 3 is 2.62 bits per heavy atom.